The smallest absolute Gasteiger partial charge is 0.393 e. The molecule has 0 heterocycles. The second-order valence-corrected chi connectivity index (χ2v) is 10.2. The van der Waals surface area contributed by atoms with Crippen molar-refractivity contribution in [2.24, 2.45) is 0 Å². The quantitative estimate of drug-likeness (QED) is 0.118. The number of hydrogen-bond donors (Lipinski definition) is 0. The Morgan fingerprint density at radius 2 is 1.21 bits per heavy atom. The van der Waals surface area contributed by atoms with Gasteiger partial charge in [-0.2, -0.15) is 0 Å². The lowest BCUT2D eigenvalue weighted by atomic mass is 10.0. The number of benzene rings is 2. The molecule has 182 valence electrons. The molecule has 0 radical (unpaired) electrons. The number of rotatable bonds is 14. The van der Waals surface area contributed by atoms with E-state index in [-0.39, 0.29) is 17.9 Å². The van der Waals surface area contributed by atoms with E-state index in [4.69, 9.17) is 18.6 Å². The Morgan fingerprint density at radius 1 is 0.758 bits per heavy atom. The summed E-state index contributed by atoms with van der Waals surface area (Å²) in [6.07, 6.45) is 5.11. The lowest BCUT2D eigenvalue weighted by Gasteiger charge is -2.18. The molecule has 0 aromatic heterocycles. The predicted molar refractivity (Wildman–Crippen MR) is 130 cm³/mol. The molecular weight excluding hydrogens is 439 g/mol. The first kappa shape index (κ1) is 26.9. The SMILES string of the molecule is CCCCCCCC(=O)OOP(=O)(Oc1ccc(C(C)C)cc1)Oc1ccc(C(C)C)cc1. The Labute approximate surface area is 198 Å². The standard InChI is InChI=1S/C26H37O6P/c1-6-7-8-9-10-11-26(27)29-32-33(28,30-24-16-12-22(13-17-24)20(2)3)31-25-18-14-23(15-19-25)21(4)5/h12-21H,6-11H2,1-5H3. The number of phosphoric acid groups is 1. The zero-order valence-electron chi connectivity index (χ0n) is 20.4. The van der Waals surface area contributed by atoms with E-state index in [1.807, 2.05) is 24.3 Å². The fourth-order valence-corrected chi connectivity index (χ4v) is 4.17. The van der Waals surface area contributed by atoms with Crippen LogP contribution in [0.5, 0.6) is 11.5 Å². The summed E-state index contributed by atoms with van der Waals surface area (Å²) in [6.45, 7) is 10.4. The van der Waals surface area contributed by atoms with Gasteiger partial charge in [-0.25, -0.2) is 9.36 Å². The van der Waals surface area contributed by atoms with Gasteiger partial charge in [-0.05, 0) is 53.6 Å². The highest BCUT2D eigenvalue weighted by Gasteiger charge is 2.34. The summed E-state index contributed by atoms with van der Waals surface area (Å²) < 4.78 is 29.5. The Balaban J connectivity index is 2.07. The molecule has 2 aromatic carbocycles. The van der Waals surface area contributed by atoms with Crippen molar-refractivity contribution in [1.29, 1.82) is 0 Å². The molecule has 0 unspecified atom stereocenters. The van der Waals surface area contributed by atoms with E-state index >= 15 is 0 Å². The van der Waals surface area contributed by atoms with Crippen LogP contribution in [0.4, 0.5) is 0 Å². The highest BCUT2D eigenvalue weighted by Crippen LogP contribution is 2.50. The monoisotopic (exact) mass is 476 g/mol. The minimum Gasteiger partial charge on any atom is -0.393 e. The van der Waals surface area contributed by atoms with Crippen LogP contribution in [0.3, 0.4) is 0 Å². The summed E-state index contributed by atoms with van der Waals surface area (Å²) >= 11 is 0. The average molecular weight is 477 g/mol. The van der Waals surface area contributed by atoms with Gasteiger partial charge in [-0.1, -0.05) is 89.2 Å². The van der Waals surface area contributed by atoms with Crippen molar-refractivity contribution < 1.29 is 28.0 Å². The van der Waals surface area contributed by atoms with Gasteiger partial charge >= 0.3 is 13.8 Å². The van der Waals surface area contributed by atoms with Crippen molar-refractivity contribution in [3.63, 3.8) is 0 Å². The van der Waals surface area contributed by atoms with Gasteiger partial charge in [-0.15, -0.1) is 0 Å². The molecule has 0 bridgehead atoms. The first-order chi connectivity index (χ1) is 15.7. The summed E-state index contributed by atoms with van der Waals surface area (Å²) in [4.78, 5) is 16.9. The fraction of sp³-hybridized carbons (Fsp3) is 0.500. The number of carbonyl (C=O) groups excluding carboxylic acids is 1. The maximum atomic E-state index is 13.4. The Bertz CT molecular complexity index is 833. The first-order valence-electron chi connectivity index (χ1n) is 11.8. The van der Waals surface area contributed by atoms with Crippen molar-refractivity contribution in [2.45, 2.75) is 85.0 Å². The normalized spacial score (nSPS) is 11.6. The van der Waals surface area contributed by atoms with Crippen molar-refractivity contribution in [2.75, 3.05) is 0 Å². The summed E-state index contributed by atoms with van der Waals surface area (Å²) in [6, 6.07) is 14.3. The van der Waals surface area contributed by atoms with Gasteiger partial charge in [0.05, 0.1) is 0 Å². The highest BCUT2D eigenvalue weighted by molar-refractivity contribution is 7.49. The molecule has 0 aliphatic carbocycles. The van der Waals surface area contributed by atoms with Crippen LogP contribution in [-0.4, -0.2) is 5.97 Å². The minimum absolute atomic E-state index is 0.176. The van der Waals surface area contributed by atoms with Crippen LogP contribution in [0, 0.1) is 0 Å². The number of phosphoric ester groups is 1. The maximum Gasteiger partial charge on any atom is 0.625 e. The molecule has 0 amide bonds. The van der Waals surface area contributed by atoms with Gasteiger partial charge in [0.1, 0.15) is 11.5 Å². The Hall–Kier alpha value is -2.30. The predicted octanol–water partition coefficient (Wildman–Crippen LogP) is 8.33. The van der Waals surface area contributed by atoms with Gasteiger partial charge in [0, 0.05) is 6.42 Å². The highest BCUT2D eigenvalue weighted by atomic mass is 31.2. The van der Waals surface area contributed by atoms with Gasteiger partial charge < -0.3 is 9.05 Å². The lowest BCUT2D eigenvalue weighted by Crippen LogP contribution is -2.10. The van der Waals surface area contributed by atoms with E-state index < -0.39 is 13.8 Å². The molecular formula is C26H37O6P. The molecule has 2 aromatic rings. The number of carbonyl (C=O) groups is 1. The molecule has 6 nitrogen and oxygen atoms in total. The van der Waals surface area contributed by atoms with Gasteiger partial charge in [0.25, 0.3) is 0 Å². The molecule has 0 saturated heterocycles. The molecule has 0 fully saturated rings. The van der Waals surface area contributed by atoms with Gasteiger partial charge in [0.15, 0.2) is 0 Å². The second-order valence-electron chi connectivity index (χ2n) is 8.77. The molecule has 0 atom stereocenters. The molecule has 0 spiro atoms. The molecule has 0 saturated carbocycles. The van der Waals surface area contributed by atoms with E-state index in [1.165, 1.54) is 0 Å². The van der Waals surface area contributed by atoms with Crippen LogP contribution in [-0.2, 0) is 18.9 Å². The zero-order valence-corrected chi connectivity index (χ0v) is 21.3. The molecule has 2 rings (SSSR count). The number of hydrogen-bond acceptors (Lipinski definition) is 6. The summed E-state index contributed by atoms with van der Waals surface area (Å²) in [5.41, 5.74) is 2.22. The van der Waals surface area contributed by atoms with Crippen LogP contribution in [0.15, 0.2) is 48.5 Å². The van der Waals surface area contributed by atoms with Gasteiger partial charge in [-0.3, -0.25) is 4.89 Å². The molecule has 0 aliphatic heterocycles. The third-order valence-electron chi connectivity index (χ3n) is 5.23. The zero-order chi connectivity index (χ0) is 24.3. The minimum atomic E-state index is -4.29. The van der Waals surface area contributed by atoms with Crippen molar-refractivity contribution in [3.8, 4) is 11.5 Å². The van der Waals surface area contributed by atoms with E-state index in [0.717, 1.165) is 36.8 Å². The van der Waals surface area contributed by atoms with Crippen LogP contribution in [0.25, 0.3) is 0 Å². The molecule has 0 aliphatic rings. The fourth-order valence-electron chi connectivity index (χ4n) is 3.14. The summed E-state index contributed by atoms with van der Waals surface area (Å²) in [7, 11) is -4.29. The second kappa shape index (κ2) is 13.4. The van der Waals surface area contributed by atoms with Crippen LogP contribution in [0.1, 0.15) is 96.1 Å². The Morgan fingerprint density at radius 3 is 1.64 bits per heavy atom. The van der Waals surface area contributed by atoms with E-state index in [1.54, 1.807) is 24.3 Å². The number of unbranched alkanes of at least 4 members (excludes halogenated alkanes) is 4. The van der Waals surface area contributed by atoms with Gasteiger partial charge in [0.2, 0.25) is 0 Å². The van der Waals surface area contributed by atoms with Crippen molar-refractivity contribution in [3.05, 3.63) is 59.7 Å². The maximum absolute atomic E-state index is 13.4. The van der Waals surface area contributed by atoms with Crippen molar-refractivity contribution >= 4 is 13.8 Å². The van der Waals surface area contributed by atoms with E-state index in [0.29, 0.717) is 18.3 Å². The lowest BCUT2D eigenvalue weighted by molar-refractivity contribution is -0.221. The first-order valence-corrected chi connectivity index (χ1v) is 13.3. The van der Waals surface area contributed by atoms with Crippen LogP contribution in [0.2, 0.25) is 0 Å². The summed E-state index contributed by atoms with van der Waals surface area (Å²) in [5, 5.41) is 0. The van der Waals surface area contributed by atoms with Crippen LogP contribution >= 0.6 is 7.82 Å². The molecule has 0 N–H and O–H groups in total. The largest absolute Gasteiger partial charge is 0.625 e. The molecule has 33 heavy (non-hydrogen) atoms. The van der Waals surface area contributed by atoms with E-state index in [2.05, 4.69) is 34.6 Å². The average Bonchev–Trinajstić information content (AvgIpc) is 2.78. The third-order valence-corrected chi connectivity index (χ3v) is 6.36. The van der Waals surface area contributed by atoms with E-state index in [9.17, 15) is 9.36 Å². The molecule has 7 heteroatoms. The van der Waals surface area contributed by atoms with Crippen molar-refractivity contribution in [1.82, 2.24) is 0 Å². The third kappa shape index (κ3) is 9.61. The summed E-state index contributed by atoms with van der Waals surface area (Å²) in [5.74, 6) is 0.658. The Kier molecular flexibility index (Phi) is 11.0. The van der Waals surface area contributed by atoms with Crippen LogP contribution < -0.4 is 9.05 Å². The topological polar surface area (TPSA) is 71.1 Å².